The highest BCUT2D eigenvalue weighted by Crippen LogP contribution is 2.29. The molecule has 0 atom stereocenters. The van der Waals surface area contributed by atoms with Crippen LogP contribution in [0.5, 0.6) is 11.5 Å². The highest BCUT2D eigenvalue weighted by atomic mass is 127. The molecule has 0 fully saturated rings. The molecule has 0 saturated carbocycles. The number of aliphatic imine (C=N–C) groups is 1. The van der Waals surface area contributed by atoms with Gasteiger partial charge in [-0.3, -0.25) is 0 Å². The summed E-state index contributed by atoms with van der Waals surface area (Å²) in [7, 11) is 0. The first kappa shape index (κ1) is 21.9. The monoisotopic (exact) mass is 477 g/mol. The van der Waals surface area contributed by atoms with Crippen LogP contribution in [0.15, 0.2) is 41.4 Å². The molecule has 0 aliphatic carbocycles. The summed E-state index contributed by atoms with van der Waals surface area (Å²) >= 11 is 0. The summed E-state index contributed by atoms with van der Waals surface area (Å²) in [6.07, 6.45) is 0. The molecule has 3 N–H and O–H groups in total. The largest absolute Gasteiger partial charge is 0.494 e. The maximum Gasteiger partial charge on any atom is 0.193 e. The number of guanidine groups is 1. The molecular weight excluding hydrogens is 455 g/mol. The summed E-state index contributed by atoms with van der Waals surface area (Å²) in [6.45, 7) is 4.67. The van der Waals surface area contributed by atoms with Crippen LogP contribution in [0.4, 0.5) is 14.5 Å². The van der Waals surface area contributed by atoms with Crippen molar-refractivity contribution in [1.82, 2.24) is 0 Å². The highest BCUT2D eigenvalue weighted by molar-refractivity contribution is 14.0. The van der Waals surface area contributed by atoms with Crippen molar-refractivity contribution in [2.24, 2.45) is 10.7 Å². The van der Waals surface area contributed by atoms with Crippen molar-refractivity contribution in [3.8, 4) is 11.5 Å². The van der Waals surface area contributed by atoms with E-state index in [1.54, 1.807) is 18.2 Å². The fraction of sp³-hybridized carbons (Fsp3) is 0.278. The minimum absolute atomic E-state index is 0. The molecule has 0 radical (unpaired) electrons. The topological polar surface area (TPSA) is 68.9 Å². The van der Waals surface area contributed by atoms with Gasteiger partial charge in [0.15, 0.2) is 5.96 Å². The van der Waals surface area contributed by atoms with Crippen LogP contribution in [0.1, 0.15) is 19.4 Å². The summed E-state index contributed by atoms with van der Waals surface area (Å²) < 4.78 is 37.8. The van der Waals surface area contributed by atoms with Gasteiger partial charge in [0.2, 0.25) is 0 Å². The van der Waals surface area contributed by atoms with Crippen LogP contribution in [0.2, 0.25) is 0 Å². The molecule has 0 aliphatic rings. The van der Waals surface area contributed by atoms with Gasteiger partial charge in [-0.25, -0.2) is 13.8 Å². The van der Waals surface area contributed by atoms with Crippen molar-refractivity contribution in [3.63, 3.8) is 0 Å². The van der Waals surface area contributed by atoms with Gasteiger partial charge in [-0.1, -0.05) is 0 Å². The van der Waals surface area contributed by atoms with Gasteiger partial charge in [-0.2, -0.15) is 0 Å². The quantitative estimate of drug-likeness (QED) is 0.355. The van der Waals surface area contributed by atoms with E-state index in [9.17, 15) is 8.78 Å². The van der Waals surface area contributed by atoms with Gasteiger partial charge in [0.05, 0.1) is 25.4 Å². The van der Waals surface area contributed by atoms with E-state index in [1.165, 1.54) is 0 Å². The molecule has 2 aromatic carbocycles. The van der Waals surface area contributed by atoms with Crippen LogP contribution < -0.4 is 20.5 Å². The van der Waals surface area contributed by atoms with Gasteiger partial charge < -0.3 is 20.5 Å². The number of nitrogens with one attached hydrogen (secondary N) is 1. The Bertz CT molecular complexity index is 757. The third-order valence-corrected chi connectivity index (χ3v) is 3.25. The lowest BCUT2D eigenvalue weighted by Gasteiger charge is -2.14. The maximum absolute atomic E-state index is 13.6. The zero-order valence-electron chi connectivity index (χ0n) is 14.6. The molecule has 5 nitrogen and oxygen atoms in total. The molecule has 2 aromatic rings. The maximum atomic E-state index is 13.6. The third kappa shape index (κ3) is 6.32. The molecular formula is C18H22F2IN3O2. The van der Waals surface area contributed by atoms with E-state index in [-0.39, 0.29) is 42.0 Å². The van der Waals surface area contributed by atoms with Crippen LogP contribution in [-0.4, -0.2) is 19.2 Å². The Labute approximate surface area is 168 Å². The minimum Gasteiger partial charge on any atom is -0.494 e. The van der Waals surface area contributed by atoms with Gasteiger partial charge in [0.25, 0.3) is 0 Å². The Balaban J connectivity index is 0.00000338. The number of rotatable bonds is 7. The second-order valence-corrected chi connectivity index (χ2v) is 5.09. The lowest BCUT2D eigenvalue weighted by Crippen LogP contribution is -2.23. The van der Waals surface area contributed by atoms with Crippen molar-refractivity contribution in [3.05, 3.63) is 53.6 Å². The number of anilines is 1. The Kier molecular flexibility index (Phi) is 9.11. The van der Waals surface area contributed by atoms with E-state index >= 15 is 0 Å². The Hall–Kier alpha value is -2.10. The van der Waals surface area contributed by atoms with E-state index in [4.69, 9.17) is 15.2 Å². The predicted octanol–water partition coefficient (Wildman–Crippen LogP) is 4.31. The molecule has 0 saturated heterocycles. The van der Waals surface area contributed by atoms with E-state index in [0.29, 0.717) is 30.4 Å². The number of hydrogen-bond acceptors (Lipinski definition) is 3. The zero-order valence-corrected chi connectivity index (χ0v) is 16.9. The van der Waals surface area contributed by atoms with E-state index in [0.717, 1.165) is 18.2 Å². The highest BCUT2D eigenvalue weighted by Gasteiger charge is 2.08. The molecule has 8 heteroatoms. The van der Waals surface area contributed by atoms with E-state index in [2.05, 4.69) is 10.3 Å². The summed E-state index contributed by atoms with van der Waals surface area (Å²) in [5.74, 6) is 0.226. The van der Waals surface area contributed by atoms with Crippen LogP contribution >= 0.6 is 24.0 Å². The Morgan fingerprint density at radius 1 is 1.08 bits per heavy atom. The average Bonchev–Trinajstić information content (AvgIpc) is 2.58. The Morgan fingerprint density at radius 3 is 2.50 bits per heavy atom. The molecule has 0 amide bonds. The van der Waals surface area contributed by atoms with E-state index < -0.39 is 11.6 Å². The molecule has 0 aromatic heterocycles. The zero-order chi connectivity index (χ0) is 18.2. The van der Waals surface area contributed by atoms with Gasteiger partial charge in [0.1, 0.15) is 23.1 Å². The second kappa shape index (κ2) is 10.8. The van der Waals surface area contributed by atoms with Gasteiger partial charge in [-0.05, 0) is 44.2 Å². The van der Waals surface area contributed by atoms with Gasteiger partial charge >= 0.3 is 0 Å². The fourth-order valence-electron chi connectivity index (χ4n) is 2.16. The summed E-state index contributed by atoms with van der Waals surface area (Å²) in [4.78, 5) is 4.05. The first-order chi connectivity index (χ1) is 12.0. The standard InChI is InChI=1S/C18H21F2N3O2.HI/c1-3-24-14-6-8-17(25-4-2)16(10-14)23-18(21)22-11-12-9-13(19)5-7-15(12)20;/h5-10H,3-4,11H2,1-2H3,(H3,21,22,23);1H. The molecule has 0 aliphatic heterocycles. The summed E-state index contributed by atoms with van der Waals surface area (Å²) in [5.41, 5.74) is 6.56. The molecule has 26 heavy (non-hydrogen) atoms. The van der Waals surface area contributed by atoms with Crippen molar-refractivity contribution < 1.29 is 18.3 Å². The third-order valence-electron chi connectivity index (χ3n) is 3.25. The lowest BCUT2D eigenvalue weighted by molar-refractivity contribution is 0.332. The lowest BCUT2D eigenvalue weighted by atomic mass is 10.2. The van der Waals surface area contributed by atoms with Crippen molar-refractivity contribution in [2.75, 3.05) is 18.5 Å². The van der Waals surface area contributed by atoms with Crippen LogP contribution in [0.25, 0.3) is 0 Å². The van der Waals surface area contributed by atoms with Crippen molar-refractivity contribution in [1.29, 1.82) is 0 Å². The number of nitrogens with two attached hydrogens (primary N) is 1. The summed E-state index contributed by atoms with van der Waals surface area (Å²) in [6, 6.07) is 8.48. The van der Waals surface area contributed by atoms with Crippen molar-refractivity contribution >= 4 is 35.6 Å². The number of halogens is 3. The molecule has 2 rings (SSSR count). The van der Waals surface area contributed by atoms with Gasteiger partial charge in [-0.15, -0.1) is 24.0 Å². The van der Waals surface area contributed by atoms with E-state index in [1.807, 2.05) is 13.8 Å². The predicted molar refractivity (Wildman–Crippen MR) is 110 cm³/mol. The number of hydrogen-bond donors (Lipinski definition) is 2. The van der Waals surface area contributed by atoms with Gasteiger partial charge in [0, 0.05) is 11.6 Å². The number of benzene rings is 2. The summed E-state index contributed by atoms with van der Waals surface area (Å²) in [5, 5.41) is 2.91. The smallest absolute Gasteiger partial charge is 0.193 e. The first-order valence-corrected chi connectivity index (χ1v) is 7.94. The molecule has 0 spiro atoms. The average molecular weight is 477 g/mol. The van der Waals surface area contributed by atoms with Crippen LogP contribution in [0, 0.1) is 11.6 Å². The van der Waals surface area contributed by atoms with Crippen LogP contribution in [0.3, 0.4) is 0 Å². The molecule has 142 valence electrons. The minimum atomic E-state index is -0.536. The second-order valence-electron chi connectivity index (χ2n) is 5.09. The molecule has 0 heterocycles. The van der Waals surface area contributed by atoms with Crippen molar-refractivity contribution in [2.45, 2.75) is 20.4 Å². The first-order valence-electron chi connectivity index (χ1n) is 7.94. The normalized spacial score (nSPS) is 10.8. The number of ether oxygens (including phenoxy) is 2. The Morgan fingerprint density at radius 2 is 1.81 bits per heavy atom. The SMILES string of the molecule is CCOc1ccc(OCC)c(NC(N)=NCc2cc(F)ccc2F)c1.I. The van der Waals surface area contributed by atoms with Crippen LogP contribution in [-0.2, 0) is 6.54 Å². The fourth-order valence-corrected chi connectivity index (χ4v) is 2.16. The number of nitrogens with zero attached hydrogens (tertiary/aromatic N) is 1. The molecule has 0 bridgehead atoms. The molecule has 0 unspecified atom stereocenters.